The van der Waals surface area contributed by atoms with Gasteiger partial charge in [0.15, 0.2) is 5.76 Å². The Balaban J connectivity index is 1.14. The van der Waals surface area contributed by atoms with E-state index in [4.69, 9.17) is 16.0 Å². The smallest absolute Gasteiger partial charge is 0.287 e. The van der Waals surface area contributed by atoms with Gasteiger partial charge in [0.2, 0.25) is 5.91 Å². The Hall–Kier alpha value is -2.34. The molecule has 0 atom stereocenters. The molecule has 2 aliphatic carbocycles. The zero-order chi connectivity index (χ0) is 20.0. The van der Waals surface area contributed by atoms with E-state index in [0.717, 1.165) is 49.7 Å². The molecule has 1 N–H and O–H groups in total. The summed E-state index contributed by atoms with van der Waals surface area (Å²) in [7, 11) is 0. The van der Waals surface area contributed by atoms with E-state index in [1.165, 1.54) is 5.56 Å². The molecule has 1 saturated carbocycles. The number of aromatic nitrogens is 1. The number of nitrogens with one attached hydrogen (secondary N) is 1. The van der Waals surface area contributed by atoms with Gasteiger partial charge >= 0.3 is 0 Å². The van der Waals surface area contributed by atoms with Gasteiger partial charge in [0, 0.05) is 37.3 Å². The first-order valence-corrected chi connectivity index (χ1v) is 10.7. The van der Waals surface area contributed by atoms with E-state index < -0.39 is 5.41 Å². The van der Waals surface area contributed by atoms with E-state index in [0.29, 0.717) is 30.5 Å². The van der Waals surface area contributed by atoms with E-state index in [-0.39, 0.29) is 17.7 Å². The number of hydrogen-bond donors (Lipinski definition) is 1. The first-order valence-electron chi connectivity index (χ1n) is 10.4. The highest BCUT2D eigenvalue weighted by Crippen LogP contribution is 2.50. The molecule has 1 saturated heterocycles. The number of carbonyl (C=O) groups is 2. The van der Waals surface area contributed by atoms with Crippen LogP contribution in [0.2, 0.25) is 5.15 Å². The Labute approximate surface area is 174 Å². The van der Waals surface area contributed by atoms with Crippen molar-refractivity contribution in [1.82, 2.24) is 15.2 Å². The molecule has 0 aromatic carbocycles. The lowest BCUT2D eigenvalue weighted by atomic mass is 9.91. The molecular weight excluding hydrogens is 390 g/mol. The van der Waals surface area contributed by atoms with Crippen LogP contribution in [0, 0.1) is 5.92 Å². The summed E-state index contributed by atoms with van der Waals surface area (Å²) in [4.78, 5) is 31.5. The molecular formula is C22H24ClN3O3. The van der Waals surface area contributed by atoms with Crippen molar-refractivity contribution in [2.24, 2.45) is 5.92 Å². The first-order chi connectivity index (χ1) is 14.1. The van der Waals surface area contributed by atoms with E-state index in [9.17, 15) is 9.59 Å². The van der Waals surface area contributed by atoms with Crippen LogP contribution in [-0.2, 0) is 23.1 Å². The van der Waals surface area contributed by atoms with Crippen LogP contribution < -0.4 is 5.32 Å². The Bertz CT molecular complexity index is 943. The second-order valence-corrected chi connectivity index (χ2v) is 8.90. The average Bonchev–Trinajstić information content (AvgIpc) is 3.39. The van der Waals surface area contributed by atoms with Crippen LogP contribution in [0.3, 0.4) is 0 Å². The predicted molar refractivity (Wildman–Crippen MR) is 108 cm³/mol. The lowest BCUT2D eigenvalue weighted by Gasteiger charge is -2.41. The molecule has 0 bridgehead atoms. The van der Waals surface area contributed by atoms with E-state index in [1.807, 2.05) is 11.0 Å². The maximum atomic E-state index is 13.0. The maximum absolute atomic E-state index is 13.0. The molecule has 7 heteroatoms. The van der Waals surface area contributed by atoms with E-state index >= 15 is 0 Å². The number of nitrogens with zero attached hydrogens (tertiary/aromatic N) is 2. The molecule has 5 rings (SSSR count). The molecule has 2 fully saturated rings. The number of hydrogen-bond acceptors (Lipinski definition) is 4. The van der Waals surface area contributed by atoms with Gasteiger partial charge in [-0.15, -0.1) is 0 Å². The first kappa shape index (κ1) is 18.7. The zero-order valence-corrected chi connectivity index (χ0v) is 17.0. The summed E-state index contributed by atoms with van der Waals surface area (Å²) in [5.41, 5.74) is 2.78. The number of pyridine rings is 1. The number of aryl methyl sites for hydroxylation is 1. The largest absolute Gasteiger partial charge is 0.459 e. The highest BCUT2D eigenvalue weighted by atomic mass is 35.5. The number of carbonyl (C=O) groups excluding carboxylic acids is 2. The summed E-state index contributed by atoms with van der Waals surface area (Å²) in [6.07, 6.45) is 9.35. The maximum Gasteiger partial charge on any atom is 0.287 e. The predicted octanol–water partition coefficient (Wildman–Crippen LogP) is 3.13. The molecule has 1 aliphatic heterocycles. The summed E-state index contributed by atoms with van der Waals surface area (Å²) >= 11 is 5.87. The number of furan rings is 1. The van der Waals surface area contributed by atoms with Gasteiger partial charge in [0.25, 0.3) is 5.91 Å². The zero-order valence-electron chi connectivity index (χ0n) is 16.2. The van der Waals surface area contributed by atoms with Gasteiger partial charge in [-0.2, -0.15) is 0 Å². The number of likely N-dealkylation sites (tertiary alicyclic amines) is 1. The third-order valence-electron chi connectivity index (χ3n) is 6.54. The highest BCUT2D eigenvalue weighted by molar-refractivity contribution is 6.29. The standard InChI is InChI=1S/C22H24ClN3O3/c23-18-6-5-16(10-24-18)22(7-8-22)21(28)26-11-14(12-26)9-25-20(27)19-17-4-2-1-3-15(17)13-29-19/h5-6,10,13-14H,1-4,7-9,11-12H2,(H,25,27). The fraction of sp³-hybridized carbons (Fsp3) is 0.500. The topological polar surface area (TPSA) is 75.4 Å². The van der Waals surface area contributed by atoms with Crippen molar-refractivity contribution >= 4 is 23.4 Å². The van der Waals surface area contributed by atoms with Crippen LogP contribution in [0.1, 0.15) is 52.9 Å². The minimum atomic E-state index is -0.418. The van der Waals surface area contributed by atoms with Crippen LogP contribution >= 0.6 is 11.6 Å². The highest BCUT2D eigenvalue weighted by Gasteiger charge is 2.54. The number of amides is 2. The molecule has 152 valence electrons. The van der Waals surface area contributed by atoms with Crippen molar-refractivity contribution in [3.8, 4) is 0 Å². The normalized spacial score (nSPS) is 20.0. The lowest BCUT2D eigenvalue weighted by Crippen LogP contribution is -2.56. The monoisotopic (exact) mass is 413 g/mol. The number of halogens is 1. The summed E-state index contributed by atoms with van der Waals surface area (Å²) in [6.45, 7) is 1.92. The van der Waals surface area contributed by atoms with Crippen LogP contribution in [0.15, 0.2) is 29.0 Å². The Morgan fingerprint density at radius 1 is 1.24 bits per heavy atom. The Kier molecular flexibility index (Phi) is 4.62. The van der Waals surface area contributed by atoms with Crippen LogP contribution in [0.5, 0.6) is 0 Å². The summed E-state index contributed by atoms with van der Waals surface area (Å²) in [5, 5.41) is 3.43. The molecule has 2 aromatic rings. The lowest BCUT2D eigenvalue weighted by molar-refractivity contribution is -0.140. The van der Waals surface area contributed by atoms with E-state index in [1.54, 1.807) is 18.5 Å². The van der Waals surface area contributed by atoms with Gasteiger partial charge in [-0.3, -0.25) is 9.59 Å². The minimum Gasteiger partial charge on any atom is -0.459 e. The molecule has 29 heavy (non-hydrogen) atoms. The number of fused-ring (bicyclic) bond motifs is 1. The second-order valence-electron chi connectivity index (χ2n) is 8.51. The molecule has 2 amide bonds. The SMILES string of the molecule is O=C(NCC1CN(C(=O)C2(c3ccc(Cl)nc3)CC2)C1)c1occ2c1CCCC2. The fourth-order valence-electron chi connectivity index (χ4n) is 4.60. The number of rotatable bonds is 5. The van der Waals surface area contributed by atoms with Gasteiger partial charge in [0.05, 0.1) is 11.7 Å². The van der Waals surface area contributed by atoms with Crippen LogP contribution in [-0.4, -0.2) is 41.3 Å². The molecule has 0 radical (unpaired) electrons. The van der Waals surface area contributed by atoms with Gasteiger partial charge in [-0.1, -0.05) is 17.7 Å². The van der Waals surface area contributed by atoms with Crippen LogP contribution in [0.25, 0.3) is 0 Å². The van der Waals surface area contributed by atoms with Crippen molar-refractivity contribution < 1.29 is 14.0 Å². The van der Waals surface area contributed by atoms with Crippen molar-refractivity contribution in [3.63, 3.8) is 0 Å². The third kappa shape index (κ3) is 3.33. The minimum absolute atomic E-state index is 0.135. The fourth-order valence-corrected chi connectivity index (χ4v) is 4.72. The van der Waals surface area contributed by atoms with Gasteiger partial charge in [0.1, 0.15) is 5.15 Å². The van der Waals surface area contributed by atoms with Gasteiger partial charge in [-0.25, -0.2) is 4.98 Å². The summed E-state index contributed by atoms with van der Waals surface area (Å²) in [5.74, 6) is 0.792. The van der Waals surface area contributed by atoms with Crippen molar-refractivity contribution in [2.75, 3.05) is 19.6 Å². The molecule has 3 aliphatic rings. The summed E-state index contributed by atoms with van der Waals surface area (Å²) in [6, 6.07) is 3.65. The van der Waals surface area contributed by atoms with Gasteiger partial charge < -0.3 is 14.6 Å². The molecule has 0 spiro atoms. The molecule has 3 heterocycles. The Morgan fingerprint density at radius 2 is 2.03 bits per heavy atom. The van der Waals surface area contributed by atoms with Gasteiger partial charge in [-0.05, 0) is 55.7 Å². The molecule has 2 aromatic heterocycles. The van der Waals surface area contributed by atoms with Crippen LogP contribution in [0.4, 0.5) is 0 Å². The molecule has 6 nitrogen and oxygen atoms in total. The van der Waals surface area contributed by atoms with Crippen molar-refractivity contribution in [1.29, 1.82) is 0 Å². The second kappa shape index (κ2) is 7.17. The quantitative estimate of drug-likeness (QED) is 0.764. The third-order valence-corrected chi connectivity index (χ3v) is 6.77. The average molecular weight is 414 g/mol. The Morgan fingerprint density at radius 3 is 2.76 bits per heavy atom. The summed E-state index contributed by atoms with van der Waals surface area (Å²) < 4.78 is 5.54. The van der Waals surface area contributed by atoms with E-state index in [2.05, 4.69) is 10.3 Å². The van der Waals surface area contributed by atoms with Crippen molar-refractivity contribution in [2.45, 2.75) is 43.9 Å². The van der Waals surface area contributed by atoms with Crippen molar-refractivity contribution in [3.05, 3.63) is 52.2 Å². The molecule has 0 unspecified atom stereocenters.